The van der Waals surface area contributed by atoms with E-state index in [9.17, 15) is 9.59 Å². The van der Waals surface area contributed by atoms with Gasteiger partial charge in [-0.05, 0) is 42.0 Å². The molecule has 1 fully saturated rings. The van der Waals surface area contributed by atoms with E-state index in [0.717, 1.165) is 55.5 Å². The SMILES string of the molecule is COc1ccc(CN2C(=O)c3cccc(N4CCN(Cc5ccco5)CC4)c3C2=O)cc1. The van der Waals surface area contributed by atoms with Gasteiger partial charge in [-0.15, -0.1) is 0 Å². The van der Waals surface area contributed by atoms with E-state index in [1.807, 2.05) is 48.5 Å². The Kier molecular flexibility index (Phi) is 5.41. The molecule has 0 radical (unpaired) electrons. The highest BCUT2D eigenvalue weighted by atomic mass is 16.5. The van der Waals surface area contributed by atoms with E-state index in [1.54, 1.807) is 19.4 Å². The van der Waals surface area contributed by atoms with Gasteiger partial charge in [0.15, 0.2) is 0 Å². The van der Waals surface area contributed by atoms with Gasteiger partial charge in [-0.1, -0.05) is 18.2 Å². The number of piperazine rings is 1. The van der Waals surface area contributed by atoms with Crippen molar-refractivity contribution >= 4 is 17.5 Å². The predicted octanol–water partition coefficient (Wildman–Crippen LogP) is 3.41. The van der Waals surface area contributed by atoms with Crippen molar-refractivity contribution < 1.29 is 18.7 Å². The number of fused-ring (bicyclic) bond motifs is 1. The number of ether oxygens (including phenoxy) is 1. The number of furan rings is 1. The maximum atomic E-state index is 13.3. The minimum absolute atomic E-state index is 0.227. The Hall–Kier alpha value is -3.58. The molecule has 1 aromatic heterocycles. The molecule has 7 nitrogen and oxygen atoms in total. The fourth-order valence-electron chi connectivity index (χ4n) is 4.41. The molecule has 7 heteroatoms. The second-order valence-electron chi connectivity index (χ2n) is 8.09. The van der Waals surface area contributed by atoms with E-state index >= 15 is 0 Å². The van der Waals surface area contributed by atoms with Crippen molar-refractivity contribution in [2.45, 2.75) is 13.1 Å². The minimum Gasteiger partial charge on any atom is -0.497 e. The van der Waals surface area contributed by atoms with Crippen molar-refractivity contribution in [3.63, 3.8) is 0 Å². The van der Waals surface area contributed by atoms with Crippen molar-refractivity contribution in [2.75, 3.05) is 38.2 Å². The Morgan fingerprint density at radius 3 is 2.34 bits per heavy atom. The van der Waals surface area contributed by atoms with Crippen molar-refractivity contribution in [1.29, 1.82) is 0 Å². The summed E-state index contributed by atoms with van der Waals surface area (Å²) in [6, 6.07) is 16.9. The highest BCUT2D eigenvalue weighted by molar-refractivity contribution is 6.23. The molecule has 3 heterocycles. The molecule has 164 valence electrons. The molecule has 2 aliphatic heterocycles. The largest absolute Gasteiger partial charge is 0.497 e. The molecule has 5 rings (SSSR count). The van der Waals surface area contributed by atoms with Crippen LogP contribution in [0.2, 0.25) is 0 Å². The Morgan fingerprint density at radius 1 is 0.875 bits per heavy atom. The van der Waals surface area contributed by atoms with Crippen molar-refractivity contribution in [2.24, 2.45) is 0 Å². The third-order valence-corrected chi connectivity index (χ3v) is 6.15. The highest BCUT2D eigenvalue weighted by Crippen LogP contribution is 2.33. The third kappa shape index (κ3) is 3.76. The molecule has 2 aliphatic rings. The molecule has 0 unspecified atom stereocenters. The fraction of sp³-hybridized carbons (Fsp3) is 0.280. The van der Waals surface area contributed by atoms with Crippen LogP contribution in [0.1, 0.15) is 32.0 Å². The monoisotopic (exact) mass is 431 g/mol. The molecular weight excluding hydrogens is 406 g/mol. The van der Waals surface area contributed by atoms with Gasteiger partial charge in [-0.3, -0.25) is 19.4 Å². The van der Waals surface area contributed by atoms with Crippen LogP contribution in [0.15, 0.2) is 65.3 Å². The van der Waals surface area contributed by atoms with E-state index in [-0.39, 0.29) is 18.4 Å². The molecule has 0 saturated carbocycles. The maximum absolute atomic E-state index is 13.3. The summed E-state index contributed by atoms with van der Waals surface area (Å²) in [5.41, 5.74) is 2.73. The van der Waals surface area contributed by atoms with Gasteiger partial charge in [0.25, 0.3) is 11.8 Å². The number of imide groups is 1. The zero-order valence-corrected chi connectivity index (χ0v) is 18.0. The average Bonchev–Trinajstić information content (AvgIpc) is 3.43. The summed E-state index contributed by atoms with van der Waals surface area (Å²) in [6.45, 7) is 4.33. The standard InChI is InChI=1S/C25H25N3O4/c1-31-19-9-7-18(8-10-19)16-28-24(29)21-5-2-6-22(23(21)25(28)30)27-13-11-26(12-14-27)17-20-4-3-15-32-20/h2-10,15H,11-14,16-17H2,1H3. The summed E-state index contributed by atoms with van der Waals surface area (Å²) < 4.78 is 10.6. The van der Waals surface area contributed by atoms with Crippen LogP contribution in [0.4, 0.5) is 5.69 Å². The van der Waals surface area contributed by atoms with Crippen molar-refractivity contribution in [3.05, 3.63) is 83.3 Å². The van der Waals surface area contributed by atoms with Gasteiger partial charge in [-0.2, -0.15) is 0 Å². The summed E-state index contributed by atoms with van der Waals surface area (Å²) in [5, 5.41) is 0. The van der Waals surface area contributed by atoms with Crippen LogP contribution in [0.25, 0.3) is 0 Å². The summed E-state index contributed by atoms with van der Waals surface area (Å²) >= 11 is 0. The third-order valence-electron chi connectivity index (χ3n) is 6.15. The molecule has 0 atom stereocenters. The van der Waals surface area contributed by atoms with Gasteiger partial charge in [0.2, 0.25) is 0 Å². The fourth-order valence-corrected chi connectivity index (χ4v) is 4.41. The number of rotatable bonds is 6. The van der Waals surface area contributed by atoms with Crippen LogP contribution in [-0.2, 0) is 13.1 Å². The Labute approximate surface area is 186 Å². The predicted molar refractivity (Wildman–Crippen MR) is 120 cm³/mol. The number of anilines is 1. The Morgan fingerprint density at radius 2 is 1.66 bits per heavy atom. The van der Waals surface area contributed by atoms with Crippen LogP contribution >= 0.6 is 0 Å². The number of hydrogen-bond acceptors (Lipinski definition) is 6. The van der Waals surface area contributed by atoms with Crippen LogP contribution in [0.3, 0.4) is 0 Å². The summed E-state index contributed by atoms with van der Waals surface area (Å²) in [5.74, 6) is 1.23. The number of benzene rings is 2. The lowest BCUT2D eigenvalue weighted by Crippen LogP contribution is -2.46. The van der Waals surface area contributed by atoms with Crippen LogP contribution in [0, 0.1) is 0 Å². The van der Waals surface area contributed by atoms with E-state index in [4.69, 9.17) is 9.15 Å². The van der Waals surface area contributed by atoms with Crippen molar-refractivity contribution in [3.8, 4) is 5.75 Å². The molecule has 1 saturated heterocycles. The Balaban J connectivity index is 1.32. The summed E-state index contributed by atoms with van der Waals surface area (Å²) in [4.78, 5) is 32.2. The first-order chi connectivity index (χ1) is 15.6. The Bertz CT molecular complexity index is 1120. The number of methoxy groups -OCH3 is 1. The number of hydrogen-bond donors (Lipinski definition) is 0. The average molecular weight is 431 g/mol. The lowest BCUT2D eigenvalue weighted by atomic mass is 10.1. The zero-order chi connectivity index (χ0) is 22.1. The molecule has 0 N–H and O–H groups in total. The molecule has 2 amide bonds. The van der Waals surface area contributed by atoms with Gasteiger partial charge in [0.05, 0.1) is 43.3 Å². The molecule has 0 bridgehead atoms. The lowest BCUT2D eigenvalue weighted by Gasteiger charge is -2.36. The topological polar surface area (TPSA) is 66.2 Å². The quantitative estimate of drug-likeness (QED) is 0.558. The molecule has 0 aliphatic carbocycles. The van der Waals surface area contributed by atoms with Gasteiger partial charge in [0.1, 0.15) is 11.5 Å². The molecule has 0 spiro atoms. The van der Waals surface area contributed by atoms with Gasteiger partial charge in [0, 0.05) is 26.2 Å². The van der Waals surface area contributed by atoms with Gasteiger partial charge in [-0.25, -0.2) is 0 Å². The molecule has 2 aromatic carbocycles. The summed E-state index contributed by atoms with van der Waals surface area (Å²) in [7, 11) is 1.61. The number of carbonyl (C=O) groups is 2. The van der Waals surface area contributed by atoms with Crippen LogP contribution in [0.5, 0.6) is 5.75 Å². The first-order valence-electron chi connectivity index (χ1n) is 10.8. The normalized spacial score (nSPS) is 16.5. The number of carbonyl (C=O) groups excluding carboxylic acids is 2. The maximum Gasteiger partial charge on any atom is 0.263 e. The second kappa shape index (κ2) is 8.51. The van der Waals surface area contributed by atoms with Gasteiger partial charge < -0.3 is 14.1 Å². The number of nitrogens with zero attached hydrogens (tertiary/aromatic N) is 3. The summed E-state index contributed by atoms with van der Waals surface area (Å²) in [6.07, 6.45) is 1.69. The van der Waals surface area contributed by atoms with Gasteiger partial charge >= 0.3 is 0 Å². The second-order valence-corrected chi connectivity index (χ2v) is 8.09. The lowest BCUT2D eigenvalue weighted by molar-refractivity contribution is 0.0642. The van der Waals surface area contributed by atoms with Crippen molar-refractivity contribution in [1.82, 2.24) is 9.80 Å². The number of amides is 2. The highest BCUT2D eigenvalue weighted by Gasteiger charge is 2.38. The van der Waals surface area contributed by atoms with E-state index in [0.29, 0.717) is 11.1 Å². The molecular formula is C25H25N3O4. The van der Waals surface area contributed by atoms with E-state index < -0.39 is 0 Å². The smallest absolute Gasteiger partial charge is 0.263 e. The van der Waals surface area contributed by atoms with E-state index in [1.165, 1.54) is 4.90 Å². The van der Waals surface area contributed by atoms with E-state index in [2.05, 4.69) is 9.80 Å². The zero-order valence-electron chi connectivity index (χ0n) is 18.0. The first-order valence-corrected chi connectivity index (χ1v) is 10.8. The van der Waals surface area contributed by atoms with Crippen LogP contribution in [-0.4, -0.2) is 54.9 Å². The van der Waals surface area contributed by atoms with Crippen LogP contribution < -0.4 is 9.64 Å². The first kappa shape index (κ1) is 20.3. The minimum atomic E-state index is -0.237. The molecule has 32 heavy (non-hydrogen) atoms. The molecule has 3 aromatic rings.